The molecule has 2 amide bonds. The number of carbonyl (C=O) groups is 2. The normalized spacial score (nSPS) is 21.8. The second-order valence-electron chi connectivity index (χ2n) is 5.37. The Balaban J connectivity index is 2.28. The number of nitrogens with one attached hydrogen (secondary N) is 1. The molecule has 1 aliphatic heterocycles. The molecule has 1 aliphatic rings. The predicted molar refractivity (Wildman–Crippen MR) is 78.2 cm³/mol. The van der Waals surface area contributed by atoms with Gasteiger partial charge in [-0.1, -0.05) is 20.8 Å². The van der Waals surface area contributed by atoms with E-state index in [9.17, 15) is 9.59 Å². The van der Waals surface area contributed by atoms with E-state index < -0.39 is 6.04 Å². The lowest BCUT2D eigenvalue weighted by atomic mass is 10.0. The lowest BCUT2D eigenvalue weighted by Gasteiger charge is -2.31. The fourth-order valence-electron chi connectivity index (χ4n) is 2.51. The van der Waals surface area contributed by atoms with Crippen molar-refractivity contribution in [3.63, 3.8) is 0 Å². The summed E-state index contributed by atoms with van der Waals surface area (Å²) in [7, 11) is 0. The first-order valence-corrected chi connectivity index (χ1v) is 7.91. The first kappa shape index (κ1) is 15.0. The molecule has 110 valence electrons. The Hall–Kier alpha value is -1.43. The first-order chi connectivity index (χ1) is 9.54. The number of carbonyl (C=O) groups excluding carboxylic acids is 2. The smallest absolute Gasteiger partial charge is 0.246 e. The fraction of sp³-hybridized carbons (Fsp3) is 0.643. The van der Waals surface area contributed by atoms with Gasteiger partial charge in [0.1, 0.15) is 11.0 Å². The van der Waals surface area contributed by atoms with Crippen LogP contribution in [0, 0.1) is 5.92 Å². The van der Waals surface area contributed by atoms with Crippen LogP contribution >= 0.6 is 11.3 Å². The van der Waals surface area contributed by atoms with Crippen LogP contribution in [0.5, 0.6) is 0 Å². The zero-order valence-corrected chi connectivity index (χ0v) is 12.9. The summed E-state index contributed by atoms with van der Waals surface area (Å²) in [5.41, 5.74) is 0. The highest BCUT2D eigenvalue weighted by Crippen LogP contribution is 2.28. The zero-order valence-electron chi connectivity index (χ0n) is 12.1. The van der Waals surface area contributed by atoms with E-state index in [1.807, 2.05) is 31.1 Å². The second kappa shape index (κ2) is 6.35. The first-order valence-electron chi connectivity index (χ1n) is 7.03. The van der Waals surface area contributed by atoms with Gasteiger partial charge in [0.15, 0.2) is 0 Å². The Morgan fingerprint density at radius 2 is 2.25 bits per heavy atom. The molecule has 6 heteroatoms. The highest BCUT2D eigenvalue weighted by Gasteiger charge is 2.36. The average Bonchev–Trinajstić information content (AvgIpc) is 2.88. The molecule has 5 nitrogen and oxygen atoms in total. The number of thiazole rings is 1. The molecule has 2 rings (SSSR count). The Labute approximate surface area is 123 Å². The van der Waals surface area contributed by atoms with Crippen LogP contribution in [-0.4, -0.2) is 34.3 Å². The van der Waals surface area contributed by atoms with Gasteiger partial charge in [-0.3, -0.25) is 9.59 Å². The van der Waals surface area contributed by atoms with Crippen molar-refractivity contribution >= 4 is 23.2 Å². The van der Waals surface area contributed by atoms with Crippen molar-refractivity contribution in [2.45, 2.75) is 45.7 Å². The molecule has 1 fully saturated rings. The highest BCUT2D eigenvalue weighted by molar-refractivity contribution is 7.09. The van der Waals surface area contributed by atoms with E-state index in [0.29, 0.717) is 13.0 Å². The molecule has 0 radical (unpaired) electrons. The van der Waals surface area contributed by atoms with Crippen molar-refractivity contribution in [2.75, 3.05) is 6.54 Å². The molecule has 2 atom stereocenters. The predicted octanol–water partition coefficient (Wildman–Crippen LogP) is 1.97. The van der Waals surface area contributed by atoms with Gasteiger partial charge in [0, 0.05) is 24.5 Å². The largest absolute Gasteiger partial charge is 0.344 e. The van der Waals surface area contributed by atoms with E-state index in [-0.39, 0.29) is 23.8 Å². The summed E-state index contributed by atoms with van der Waals surface area (Å²) in [6.07, 6.45) is 2.92. The second-order valence-corrected chi connectivity index (χ2v) is 6.29. The van der Waals surface area contributed by atoms with Gasteiger partial charge in [-0.2, -0.15) is 0 Å². The van der Waals surface area contributed by atoms with Gasteiger partial charge in [0.2, 0.25) is 11.8 Å². The minimum Gasteiger partial charge on any atom is -0.344 e. The standard InChI is InChI=1S/C14H21N3O2S/c1-4-10(13-15-6-8-20-13)17-7-5-11(18)16-12(9(2)3)14(17)19/h6,8-10,12H,4-5,7H2,1-3H3,(H,16,18). The number of aromatic nitrogens is 1. The molecular formula is C14H21N3O2S. The van der Waals surface area contributed by atoms with Gasteiger partial charge in [0.05, 0.1) is 6.04 Å². The summed E-state index contributed by atoms with van der Waals surface area (Å²) in [5.74, 6) is 0.0438. The van der Waals surface area contributed by atoms with Crippen molar-refractivity contribution in [1.82, 2.24) is 15.2 Å². The molecule has 0 aliphatic carbocycles. The highest BCUT2D eigenvalue weighted by atomic mass is 32.1. The van der Waals surface area contributed by atoms with Crippen molar-refractivity contribution in [1.29, 1.82) is 0 Å². The molecule has 2 unspecified atom stereocenters. The van der Waals surface area contributed by atoms with Crippen LogP contribution in [0.4, 0.5) is 0 Å². The third-order valence-electron chi connectivity index (χ3n) is 3.61. The number of amides is 2. The molecule has 2 heterocycles. The van der Waals surface area contributed by atoms with Crippen molar-refractivity contribution in [3.8, 4) is 0 Å². The van der Waals surface area contributed by atoms with Crippen LogP contribution in [0.15, 0.2) is 11.6 Å². The minimum atomic E-state index is -0.431. The zero-order chi connectivity index (χ0) is 14.7. The van der Waals surface area contributed by atoms with Gasteiger partial charge < -0.3 is 10.2 Å². The van der Waals surface area contributed by atoms with E-state index in [2.05, 4.69) is 10.3 Å². The molecule has 0 spiro atoms. The summed E-state index contributed by atoms with van der Waals surface area (Å²) in [6, 6.07) is -0.463. The third kappa shape index (κ3) is 3.00. The summed E-state index contributed by atoms with van der Waals surface area (Å²) < 4.78 is 0. The van der Waals surface area contributed by atoms with Gasteiger partial charge in [0.25, 0.3) is 0 Å². The van der Waals surface area contributed by atoms with Crippen molar-refractivity contribution < 1.29 is 9.59 Å². The quantitative estimate of drug-likeness (QED) is 0.923. The maximum atomic E-state index is 12.7. The lowest BCUT2D eigenvalue weighted by Crippen LogP contribution is -2.48. The van der Waals surface area contributed by atoms with E-state index >= 15 is 0 Å². The van der Waals surface area contributed by atoms with E-state index in [0.717, 1.165) is 11.4 Å². The number of hydrogen-bond acceptors (Lipinski definition) is 4. The van der Waals surface area contributed by atoms with Crippen LogP contribution in [0.25, 0.3) is 0 Å². The van der Waals surface area contributed by atoms with Crippen LogP contribution in [0.3, 0.4) is 0 Å². The van der Waals surface area contributed by atoms with E-state index in [1.54, 1.807) is 17.5 Å². The lowest BCUT2D eigenvalue weighted by molar-refractivity contribution is -0.137. The van der Waals surface area contributed by atoms with E-state index in [4.69, 9.17) is 0 Å². The molecular weight excluding hydrogens is 274 g/mol. The molecule has 1 N–H and O–H groups in total. The summed E-state index contributed by atoms with van der Waals surface area (Å²) in [4.78, 5) is 30.7. The van der Waals surface area contributed by atoms with Crippen molar-refractivity contribution in [2.24, 2.45) is 5.92 Å². The summed E-state index contributed by atoms with van der Waals surface area (Å²) in [5, 5.41) is 5.70. The van der Waals surface area contributed by atoms with Gasteiger partial charge >= 0.3 is 0 Å². The average molecular weight is 295 g/mol. The topological polar surface area (TPSA) is 62.3 Å². The van der Waals surface area contributed by atoms with Crippen LogP contribution in [-0.2, 0) is 9.59 Å². The Morgan fingerprint density at radius 3 is 2.80 bits per heavy atom. The third-order valence-corrected chi connectivity index (χ3v) is 4.49. The molecule has 1 aromatic heterocycles. The van der Waals surface area contributed by atoms with Crippen LogP contribution < -0.4 is 5.32 Å². The molecule has 0 saturated carbocycles. The molecule has 20 heavy (non-hydrogen) atoms. The summed E-state index contributed by atoms with van der Waals surface area (Å²) in [6.45, 7) is 6.42. The molecule has 0 aromatic carbocycles. The van der Waals surface area contributed by atoms with Gasteiger partial charge in [-0.25, -0.2) is 4.98 Å². The molecule has 1 saturated heterocycles. The van der Waals surface area contributed by atoms with Crippen molar-refractivity contribution in [3.05, 3.63) is 16.6 Å². The minimum absolute atomic E-state index is 0.00731. The Bertz CT molecular complexity index is 473. The number of nitrogens with zero attached hydrogens (tertiary/aromatic N) is 2. The molecule has 1 aromatic rings. The molecule has 0 bridgehead atoms. The SMILES string of the molecule is CCC(c1nccs1)N1CCC(=O)NC(C(C)C)C1=O. The number of hydrogen-bond donors (Lipinski definition) is 1. The monoisotopic (exact) mass is 295 g/mol. The number of rotatable bonds is 4. The Morgan fingerprint density at radius 1 is 1.50 bits per heavy atom. The van der Waals surface area contributed by atoms with Gasteiger partial charge in [-0.15, -0.1) is 11.3 Å². The fourth-order valence-corrected chi connectivity index (χ4v) is 3.34. The van der Waals surface area contributed by atoms with Gasteiger partial charge in [-0.05, 0) is 12.3 Å². The summed E-state index contributed by atoms with van der Waals surface area (Å²) >= 11 is 1.56. The maximum Gasteiger partial charge on any atom is 0.246 e. The van der Waals surface area contributed by atoms with Crippen LogP contribution in [0.2, 0.25) is 0 Å². The maximum absolute atomic E-state index is 12.7. The van der Waals surface area contributed by atoms with E-state index in [1.165, 1.54) is 0 Å². The Kier molecular flexibility index (Phi) is 4.75. The van der Waals surface area contributed by atoms with Crippen LogP contribution in [0.1, 0.15) is 44.7 Å².